The lowest BCUT2D eigenvalue weighted by Gasteiger charge is -2.21. The summed E-state index contributed by atoms with van der Waals surface area (Å²) in [5, 5.41) is 0. The van der Waals surface area contributed by atoms with Crippen molar-refractivity contribution in [3.05, 3.63) is 11.5 Å². The van der Waals surface area contributed by atoms with Gasteiger partial charge in [0.05, 0.1) is 28.2 Å². The number of carbonyl (C=O) groups excluding carboxylic acids is 1. The van der Waals surface area contributed by atoms with Gasteiger partial charge in [0.1, 0.15) is 5.57 Å². The topological polar surface area (TPSA) is 44.8 Å². The lowest BCUT2D eigenvalue weighted by molar-refractivity contribution is -0.142. The van der Waals surface area contributed by atoms with Crippen LogP contribution in [0.3, 0.4) is 0 Å². The van der Waals surface area contributed by atoms with Crippen molar-refractivity contribution in [2.75, 3.05) is 0 Å². The Morgan fingerprint density at radius 3 is 2.05 bits per heavy atom. The van der Waals surface area contributed by atoms with Gasteiger partial charge in [-0.3, -0.25) is 0 Å². The predicted molar refractivity (Wildman–Crippen MR) is 75.7 cm³/mol. The van der Waals surface area contributed by atoms with Crippen LogP contribution in [0.15, 0.2) is 11.5 Å². The molecule has 19 heavy (non-hydrogen) atoms. The van der Waals surface area contributed by atoms with Crippen molar-refractivity contribution in [2.24, 2.45) is 0 Å². The maximum absolute atomic E-state index is 11.9. The minimum Gasteiger partial charge on any atom is -0.464 e. The zero-order valence-corrected chi connectivity index (χ0v) is 13.8. The van der Waals surface area contributed by atoms with E-state index in [-0.39, 0.29) is 23.9 Å². The Morgan fingerprint density at radius 2 is 1.63 bits per heavy atom. The smallest absolute Gasteiger partial charge is 0.340 e. The minimum atomic E-state index is -0.430. The Labute approximate surface area is 119 Å². The molecule has 0 N–H and O–H groups in total. The van der Waals surface area contributed by atoms with Crippen LogP contribution in [-0.2, 0) is 19.0 Å². The number of esters is 1. The molecule has 0 rings (SSSR count). The van der Waals surface area contributed by atoms with Gasteiger partial charge < -0.3 is 14.2 Å². The number of ether oxygens (including phenoxy) is 3. The fourth-order valence-corrected chi connectivity index (χ4v) is 1.18. The fraction of sp³-hybridized carbons (Fsp3) is 0.786. The summed E-state index contributed by atoms with van der Waals surface area (Å²) in [6, 6.07) is 0. The van der Waals surface area contributed by atoms with E-state index in [1.165, 1.54) is 0 Å². The quantitative estimate of drug-likeness (QED) is 0.298. The fourth-order valence-electron chi connectivity index (χ4n) is 1.07. The molecular formula is C14H25O4Si. The van der Waals surface area contributed by atoms with E-state index in [0.29, 0.717) is 12.0 Å². The number of hydrogen-bond acceptors (Lipinski definition) is 4. The van der Waals surface area contributed by atoms with E-state index in [2.05, 4.69) is 10.2 Å². The maximum Gasteiger partial charge on any atom is 0.340 e. The molecule has 0 aromatic heterocycles. The Morgan fingerprint density at radius 1 is 1.05 bits per heavy atom. The summed E-state index contributed by atoms with van der Waals surface area (Å²) < 4.78 is 16.4. The first kappa shape index (κ1) is 18.0. The molecule has 0 aliphatic rings. The van der Waals surface area contributed by atoms with Crippen molar-refractivity contribution >= 4 is 16.2 Å². The van der Waals surface area contributed by atoms with Crippen molar-refractivity contribution < 1.29 is 19.0 Å². The van der Waals surface area contributed by atoms with Gasteiger partial charge in [-0.15, -0.1) is 0 Å². The van der Waals surface area contributed by atoms with E-state index in [0.717, 1.165) is 6.42 Å². The Kier molecular flexibility index (Phi) is 8.55. The lowest BCUT2D eigenvalue weighted by atomic mass is 10.3. The Hall–Kier alpha value is -0.973. The van der Waals surface area contributed by atoms with E-state index in [9.17, 15) is 4.79 Å². The van der Waals surface area contributed by atoms with Gasteiger partial charge in [0, 0.05) is 0 Å². The zero-order chi connectivity index (χ0) is 15.0. The number of rotatable bonds is 8. The van der Waals surface area contributed by atoms with E-state index >= 15 is 0 Å². The first-order valence-electron chi connectivity index (χ1n) is 6.78. The van der Waals surface area contributed by atoms with Gasteiger partial charge in [-0.1, -0.05) is 13.8 Å². The van der Waals surface area contributed by atoms with Crippen molar-refractivity contribution in [3.63, 3.8) is 0 Å². The van der Waals surface area contributed by atoms with E-state index < -0.39 is 5.97 Å². The molecule has 5 heteroatoms. The second kappa shape index (κ2) is 9.01. The van der Waals surface area contributed by atoms with Crippen LogP contribution in [0.1, 0.15) is 54.4 Å². The summed E-state index contributed by atoms with van der Waals surface area (Å²) in [5.41, 5.74) is 0.0528. The van der Waals surface area contributed by atoms with Gasteiger partial charge in [-0.25, -0.2) is 4.79 Å². The van der Waals surface area contributed by atoms with Crippen molar-refractivity contribution in [1.29, 1.82) is 0 Å². The lowest BCUT2D eigenvalue weighted by Crippen LogP contribution is -2.21. The van der Waals surface area contributed by atoms with Gasteiger partial charge in [-0.05, 0) is 40.5 Å². The van der Waals surface area contributed by atoms with Crippen LogP contribution in [-0.4, -0.2) is 34.1 Å². The third-order valence-corrected chi connectivity index (χ3v) is 2.98. The van der Waals surface area contributed by atoms with Gasteiger partial charge in [0.15, 0.2) is 0 Å². The molecule has 2 atom stereocenters. The third kappa shape index (κ3) is 7.25. The summed E-state index contributed by atoms with van der Waals surface area (Å²) in [5.74, 6) is -0.176. The molecule has 109 valence electrons. The summed E-state index contributed by atoms with van der Waals surface area (Å²) in [6.07, 6.45) is 1.46. The average Bonchev–Trinajstić information content (AvgIpc) is 2.35. The second-order valence-electron chi connectivity index (χ2n) is 4.72. The van der Waals surface area contributed by atoms with Crippen LogP contribution in [0, 0.1) is 0 Å². The molecule has 0 aromatic rings. The standard InChI is InChI=1S/C14H25O4Si/c1-7-10(5)17-14(16-9(3)4)11(6)13(15)18-12(19)8-2/h9-10,12H,7-8H2,1-6H3/b14-11-. The molecule has 4 nitrogen and oxygen atoms in total. The molecule has 0 aliphatic carbocycles. The van der Waals surface area contributed by atoms with Crippen molar-refractivity contribution in [3.8, 4) is 0 Å². The summed E-state index contributed by atoms with van der Waals surface area (Å²) in [7, 11) is 3.31. The molecule has 0 fully saturated rings. The van der Waals surface area contributed by atoms with Crippen LogP contribution >= 0.6 is 0 Å². The summed E-state index contributed by atoms with van der Waals surface area (Å²) in [6.45, 7) is 11.3. The average molecular weight is 285 g/mol. The van der Waals surface area contributed by atoms with Gasteiger partial charge >= 0.3 is 5.97 Å². The molecule has 0 saturated carbocycles. The highest BCUT2D eigenvalue weighted by molar-refractivity contribution is 6.12. The van der Waals surface area contributed by atoms with Gasteiger partial charge in [-0.2, -0.15) is 0 Å². The highest BCUT2D eigenvalue weighted by atomic mass is 28.1. The largest absolute Gasteiger partial charge is 0.464 e. The summed E-state index contributed by atoms with van der Waals surface area (Å²) >= 11 is 0. The number of carbonyl (C=O) groups is 1. The van der Waals surface area contributed by atoms with Gasteiger partial charge in [0.25, 0.3) is 5.95 Å². The van der Waals surface area contributed by atoms with Crippen LogP contribution in [0.2, 0.25) is 0 Å². The molecule has 0 amide bonds. The zero-order valence-electron chi connectivity index (χ0n) is 12.8. The predicted octanol–water partition coefficient (Wildman–Crippen LogP) is 2.91. The normalized spacial score (nSPS) is 15.6. The highest BCUT2D eigenvalue weighted by Crippen LogP contribution is 2.16. The van der Waals surface area contributed by atoms with E-state index in [4.69, 9.17) is 14.2 Å². The molecular weight excluding hydrogens is 260 g/mol. The molecule has 0 spiro atoms. The molecule has 0 aliphatic heterocycles. The maximum atomic E-state index is 11.9. The highest BCUT2D eigenvalue weighted by Gasteiger charge is 2.19. The van der Waals surface area contributed by atoms with E-state index in [1.807, 2.05) is 34.6 Å². The first-order chi connectivity index (χ1) is 8.81. The third-order valence-electron chi connectivity index (χ3n) is 2.46. The molecule has 0 bridgehead atoms. The Bertz CT molecular complexity index is 313. The second-order valence-corrected chi connectivity index (χ2v) is 5.36. The SMILES string of the molecule is CCC(C)O/C(OC(C)C)=C(/C)C(=O)OC([Si])CC. The van der Waals surface area contributed by atoms with Crippen LogP contribution in [0.4, 0.5) is 0 Å². The molecule has 0 heterocycles. The molecule has 2 unspecified atom stereocenters. The number of hydrogen-bond donors (Lipinski definition) is 0. The van der Waals surface area contributed by atoms with Crippen molar-refractivity contribution in [2.45, 2.75) is 72.3 Å². The Balaban J connectivity index is 4.94. The minimum absolute atomic E-state index is 0.0121. The molecule has 0 aromatic carbocycles. The van der Waals surface area contributed by atoms with Crippen LogP contribution < -0.4 is 0 Å². The van der Waals surface area contributed by atoms with E-state index in [1.54, 1.807) is 6.92 Å². The molecule has 3 radical (unpaired) electrons. The van der Waals surface area contributed by atoms with Crippen molar-refractivity contribution in [1.82, 2.24) is 0 Å². The first-order valence-corrected chi connectivity index (χ1v) is 7.35. The van der Waals surface area contributed by atoms with Crippen LogP contribution in [0.25, 0.3) is 0 Å². The molecule has 0 saturated heterocycles. The summed E-state index contributed by atoms with van der Waals surface area (Å²) in [4.78, 5) is 11.9. The van der Waals surface area contributed by atoms with Gasteiger partial charge in [0.2, 0.25) is 0 Å². The van der Waals surface area contributed by atoms with Crippen LogP contribution in [0.5, 0.6) is 0 Å². The monoisotopic (exact) mass is 285 g/mol.